The minimum atomic E-state index is 0.209. The van der Waals surface area contributed by atoms with E-state index in [1.165, 1.54) is 0 Å². The van der Waals surface area contributed by atoms with Crippen LogP contribution in [0.3, 0.4) is 0 Å². The Morgan fingerprint density at radius 3 is 2.88 bits per heavy atom. The third-order valence-electron chi connectivity index (χ3n) is 2.23. The quantitative estimate of drug-likeness (QED) is 0.542. The highest BCUT2D eigenvalue weighted by Gasteiger charge is 2.23. The standard InChI is InChI=1S/C12H14O4/c1-2-14-12-5-9(6-13)3-4-11(12)16-8-10-7-15-10/h3-6,10H,2,7-8H2,1H3. The van der Waals surface area contributed by atoms with Gasteiger partial charge in [0.25, 0.3) is 0 Å². The van der Waals surface area contributed by atoms with Crippen molar-refractivity contribution in [3.05, 3.63) is 23.8 Å². The normalized spacial score (nSPS) is 17.9. The van der Waals surface area contributed by atoms with Gasteiger partial charge in [-0.25, -0.2) is 0 Å². The summed E-state index contributed by atoms with van der Waals surface area (Å²) in [5, 5.41) is 0. The lowest BCUT2D eigenvalue weighted by Crippen LogP contribution is -2.06. The molecule has 1 heterocycles. The summed E-state index contributed by atoms with van der Waals surface area (Å²) in [6.07, 6.45) is 0.997. The van der Waals surface area contributed by atoms with Crippen LogP contribution in [0.5, 0.6) is 11.5 Å². The summed E-state index contributed by atoms with van der Waals surface area (Å²) >= 11 is 0. The molecule has 1 fully saturated rings. The molecule has 0 spiro atoms. The number of hydrogen-bond donors (Lipinski definition) is 0. The first-order chi connectivity index (χ1) is 7.83. The zero-order valence-electron chi connectivity index (χ0n) is 9.14. The number of hydrogen-bond acceptors (Lipinski definition) is 4. The van der Waals surface area contributed by atoms with Gasteiger partial charge in [-0.1, -0.05) is 0 Å². The van der Waals surface area contributed by atoms with Gasteiger partial charge in [0.15, 0.2) is 11.5 Å². The lowest BCUT2D eigenvalue weighted by molar-refractivity contribution is 0.112. The second kappa shape index (κ2) is 4.99. The summed E-state index contributed by atoms with van der Waals surface area (Å²) in [6, 6.07) is 5.13. The summed E-state index contributed by atoms with van der Waals surface area (Å²) < 4.78 is 16.0. The van der Waals surface area contributed by atoms with Crippen LogP contribution in [0.15, 0.2) is 18.2 Å². The Labute approximate surface area is 94.1 Å². The molecule has 0 radical (unpaired) electrons. The highest BCUT2D eigenvalue weighted by Crippen LogP contribution is 2.28. The predicted octanol–water partition coefficient (Wildman–Crippen LogP) is 1.68. The molecule has 1 aliphatic rings. The van der Waals surface area contributed by atoms with Gasteiger partial charge in [0.05, 0.1) is 13.2 Å². The van der Waals surface area contributed by atoms with Crippen molar-refractivity contribution in [1.29, 1.82) is 0 Å². The molecule has 1 aliphatic heterocycles. The topological polar surface area (TPSA) is 48.1 Å². The largest absolute Gasteiger partial charge is 0.490 e. The van der Waals surface area contributed by atoms with Crippen LogP contribution in [-0.2, 0) is 4.74 Å². The summed E-state index contributed by atoms with van der Waals surface area (Å²) in [4.78, 5) is 10.6. The molecule has 4 nitrogen and oxygen atoms in total. The Kier molecular flexibility index (Phi) is 3.41. The van der Waals surface area contributed by atoms with Crippen molar-refractivity contribution in [3.63, 3.8) is 0 Å². The molecular weight excluding hydrogens is 208 g/mol. The van der Waals surface area contributed by atoms with E-state index in [1.807, 2.05) is 6.92 Å². The van der Waals surface area contributed by atoms with E-state index in [2.05, 4.69) is 0 Å². The first-order valence-electron chi connectivity index (χ1n) is 5.30. The summed E-state index contributed by atoms with van der Waals surface area (Å²) in [5.41, 5.74) is 0.582. The Hall–Kier alpha value is -1.55. The van der Waals surface area contributed by atoms with Crippen LogP contribution in [0.25, 0.3) is 0 Å². The lowest BCUT2D eigenvalue weighted by Gasteiger charge is -2.11. The molecule has 2 rings (SSSR count). The van der Waals surface area contributed by atoms with E-state index in [0.29, 0.717) is 30.3 Å². The zero-order chi connectivity index (χ0) is 11.4. The maximum Gasteiger partial charge on any atom is 0.161 e. The average molecular weight is 222 g/mol. The van der Waals surface area contributed by atoms with Gasteiger partial charge in [0, 0.05) is 5.56 Å². The van der Waals surface area contributed by atoms with Crippen molar-refractivity contribution in [3.8, 4) is 11.5 Å². The third kappa shape index (κ3) is 2.73. The molecule has 1 atom stereocenters. The van der Waals surface area contributed by atoms with Crippen LogP contribution in [0.2, 0.25) is 0 Å². The van der Waals surface area contributed by atoms with Crippen LogP contribution < -0.4 is 9.47 Å². The van der Waals surface area contributed by atoms with Crippen LogP contribution in [0, 0.1) is 0 Å². The van der Waals surface area contributed by atoms with Crippen molar-refractivity contribution in [2.45, 2.75) is 13.0 Å². The number of carbonyl (C=O) groups excluding carboxylic acids is 1. The molecule has 0 amide bonds. The number of epoxide rings is 1. The van der Waals surface area contributed by atoms with Crippen molar-refractivity contribution < 1.29 is 19.0 Å². The number of ether oxygens (including phenoxy) is 3. The summed E-state index contributed by atoms with van der Waals surface area (Å²) in [7, 11) is 0. The number of rotatable bonds is 6. The van der Waals surface area contributed by atoms with Crippen LogP contribution in [0.1, 0.15) is 17.3 Å². The van der Waals surface area contributed by atoms with Gasteiger partial charge in [-0.05, 0) is 25.1 Å². The lowest BCUT2D eigenvalue weighted by atomic mass is 10.2. The zero-order valence-corrected chi connectivity index (χ0v) is 9.14. The molecule has 0 bridgehead atoms. The van der Waals surface area contributed by atoms with Gasteiger partial charge in [-0.3, -0.25) is 4.79 Å². The second-order valence-corrected chi connectivity index (χ2v) is 3.52. The highest BCUT2D eigenvalue weighted by atomic mass is 16.6. The molecule has 0 aromatic heterocycles. The predicted molar refractivity (Wildman–Crippen MR) is 58.2 cm³/mol. The van der Waals surface area contributed by atoms with Crippen molar-refractivity contribution in [2.24, 2.45) is 0 Å². The van der Waals surface area contributed by atoms with Crippen LogP contribution >= 0.6 is 0 Å². The number of benzene rings is 1. The summed E-state index contributed by atoms with van der Waals surface area (Å²) in [6.45, 7) is 3.72. The number of aldehydes is 1. The minimum absolute atomic E-state index is 0.209. The van der Waals surface area contributed by atoms with Gasteiger partial charge in [-0.15, -0.1) is 0 Å². The van der Waals surface area contributed by atoms with Gasteiger partial charge >= 0.3 is 0 Å². The molecule has 0 N–H and O–H groups in total. The fraction of sp³-hybridized carbons (Fsp3) is 0.417. The molecule has 0 aliphatic carbocycles. The molecule has 1 aromatic rings. The molecule has 4 heteroatoms. The minimum Gasteiger partial charge on any atom is -0.490 e. The Morgan fingerprint density at radius 2 is 2.25 bits per heavy atom. The molecule has 1 unspecified atom stereocenters. The van der Waals surface area contributed by atoms with Gasteiger partial charge in [-0.2, -0.15) is 0 Å². The van der Waals surface area contributed by atoms with E-state index >= 15 is 0 Å². The van der Waals surface area contributed by atoms with Crippen LogP contribution in [0.4, 0.5) is 0 Å². The third-order valence-corrected chi connectivity index (χ3v) is 2.23. The Morgan fingerprint density at radius 1 is 1.44 bits per heavy atom. The van der Waals surface area contributed by atoms with Gasteiger partial charge in [0.1, 0.15) is 19.0 Å². The Bertz CT molecular complexity index is 371. The van der Waals surface area contributed by atoms with E-state index < -0.39 is 0 Å². The molecule has 1 aromatic carbocycles. The maximum absolute atomic E-state index is 10.6. The van der Waals surface area contributed by atoms with Crippen molar-refractivity contribution >= 4 is 6.29 Å². The fourth-order valence-corrected chi connectivity index (χ4v) is 1.33. The molecule has 0 saturated carbocycles. The smallest absolute Gasteiger partial charge is 0.161 e. The van der Waals surface area contributed by atoms with E-state index in [1.54, 1.807) is 18.2 Å². The second-order valence-electron chi connectivity index (χ2n) is 3.52. The molecule has 1 saturated heterocycles. The van der Waals surface area contributed by atoms with E-state index in [-0.39, 0.29) is 6.10 Å². The van der Waals surface area contributed by atoms with Crippen LogP contribution in [-0.4, -0.2) is 32.2 Å². The maximum atomic E-state index is 10.6. The fourth-order valence-electron chi connectivity index (χ4n) is 1.33. The van der Waals surface area contributed by atoms with E-state index in [4.69, 9.17) is 14.2 Å². The van der Waals surface area contributed by atoms with E-state index in [9.17, 15) is 4.79 Å². The first-order valence-corrected chi connectivity index (χ1v) is 5.30. The van der Waals surface area contributed by atoms with Gasteiger partial charge < -0.3 is 14.2 Å². The average Bonchev–Trinajstić information content (AvgIpc) is 3.11. The molecule has 86 valence electrons. The SMILES string of the molecule is CCOc1cc(C=O)ccc1OCC1CO1. The van der Waals surface area contributed by atoms with Crippen molar-refractivity contribution in [1.82, 2.24) is 0 Å². The molecular formula is C12H14O4. The van der Waals surface area contributed by atoms with Crippen molar-refractivity contribution in [2.75, 3.05) is 19.8 Å². The summed E-state index contributed by atoms with van der Waals surface area (Å²) in [5.74, 6) is 1.26. The van der Waals surface area contributed by atoms with E-state index in [0.717, 1.165) is 12.9 Å². The Balaban J connectivity index is 2.09. The van der Waals surface area contributed by atoms with Gasteiger partial charge in [0.2, 0.25) is 0 Å². The molecule has 16 heavy (non-hydrogen) atoms. The monoisotopic (exact) mass is 222 g/mol. The first kappa shape index (κ1) is 11.0. The highest BCUT2D eigenvalue weighted by molar-refractivity contribution is 5.76. The number of carbonyl (C=O) groups is 1.